The summed E-state index contributed by atoms with van der Waals surface area (Å²) in [5.41, 5.74) is 0. The Bertz CT molecular complexity index is 153. The summed E-state index contributed by atoms with van der Waals surface area (Å²) < 4.78 is 9.07. The molecule has 0 aliphatic rings. The molecular formula is C9H14O3. The van der Waals surface area contributed by atoms with E-state index in [1.807, 2.05) is 13.8 Å². The van der Waals surface area contributed by atoms with E-state index in [0.29, 0.717) is 0 Å². The maximum atomic E-state index is 10.6. The minimum absolute atomic E-state index is 0.704. The van der Waals surface area contributed by atoms with Crippen LogP contribution in [0.5, 0.6) is 0 Å². The zero-order valence-electron chi connectivity index (χ0n) is 7.45. The van der Waals surface area contributed by atoms with Crippen molar-refractivity contribution >= 4 is 6.16 Å². The Morgan fingerprint density at radius 2 is 1.50 bits per heavy atom. The summed E-state index contributed by atoms with van der Waals surface area (Å²) in [7, 11) is 0. The Morgan fingerprint density at radius 3 is 1.83 bits per heavy atom. The first-order valence-corrected chi connectivity index (χ1v) is 3.98. The van der Waals surface area contributed by atoms with Gasteiger partial charge in [0.25, 0.3) is 0 Å². The van der Waals surface area contributed by atoms with Gasteiger partial charge in [-0.2, -0.15) is 0 Å². The van der Waals surface area contributed by atoms with Crippen LogP contribution in [0, 0.1) is 0 Å². The molecule has 0 heterocycles. The molecule has 0 aromatic heterocycles. The number of hydrogen-bond donors (Lipinski definition) is 0. The topological polar surface area (TPSA) is 35.5 Å². The summed E-state index contributed by atoms with van der Waals surface area (Å²) in [6, 6.07) is 0. The molecule has 0 N–H and O–H groups in total. The Hall–Kier alpha value is -1.25. The van der Waals surface area contributed by atoms with Crippen LogP contribution in [0.2, 0.25) is 0 Å². The van der Waals surface area contributed by atoms with E-state index in [4.69, 9.17) is 0 Å². The zero-order valence-corrected chi connectivity index (χ0v) is 7.45. The van der Waals surface area contributed by atoms with E-state index >= 15 is 0 Å². The third-order valence-electron chi connectivity index (χ3n) is 0.992. The van der Waals surface area contributed by atoms with Gasteiger partial charge in [-0.3, -0.25) is 0 Å². The molecule has 0 aliphatic heterocycles. The molecule has 3 nitrogen and oxygen atoms in total. The zero-order chi connectivity index (χ0) is 9.23. The fourth-order valence-corrected chi connectivity index (χ4v) is 0.428. The van der Waals surface area contributed by atoms with Crippen LogP contribution in [0.3, 0.4) is 0 Å². The first kappa shape index (κ1) is 10.8. The Labute approximate surface area is 72.7 Å². The average molecular weight is 170 g/mol. The summed E-state index contributed by atoms with van der Waals surface area (Å²) in [5.74, 6) is 0. The highest BCUT2D eigenvalue weighted by Crippen LogP contribution is 1.90. The Balaban J connectivity index is 3.46. The maximum Gasteiger partial charge on any atom is 0.518 e. The van der Waals surface area contributed by atoms with Crippen molar-refractivity contribution in [1.82, 2.24) is 0 Å². The molecule has 68 valence electrons. The van der Waals surface area contributed by atoms with Crippen molar-refractivity contribution in [2.75, 3.05) is 0 Å². The molecule has 0 spiro atoms. The van der Waals surface area contributed by atoms with Crippen LogP contribution in [0.1, 0.15) is 26.7 Å². The molecule has 0 rings (SSSR count). The van der Waals surface area contributed by atoms with E-state index in [1.165, 1.54) is 12.5 Å². The molecule has 0 aliphatic carbocycles. The quantitative estimate of drug-likeness (QED) is 0.480. The van der Waals surface area contributed by atoms with Crippen LogP contribution in [0.15, 0.2) is 24.7 Å². The highest BCUT2D eigenvalue weighted by molar-refractivity contribution is 5.61. The van der Waals surface area contributed by atoms with Gasteiger partial charge in [-0.05, 0) is 25.0 Å². The molecule has 0 aromatic carbocycles. The largest absolute Gasteiger partial charge is 0.518 e. The van der Waals surface area contributed by atoms with Crippen LogP contribution in [0.4, 0.5) is 4.79 Å². The first-order chi connectivity index (χ1) is 5.81. The average Bonchev–Trinajstić information content (AvgIpc) is 2.06. The summed E-state index contributed by atoms with van der Waals surface area (Å²) in [4.78, 5) is 10.6. The van der Waals surface area contributed by atoms with Crippen LogP contribution in [-0.2, 0) is 9.47 Å². The van der Waals surface area contributed by atoms with Crippen LogP contribution < -0.4 is 0 Å². The Kier molecular flexibility index (Phi) is 7.03. The summed E-state index contributed by atoms with van der Waals surface area (Å²) in [6.45, 7) is 3.89. The number of carbonyl (C=O) groups excluding carboxylic acids is 1. The smallest absolute Gasteiger partial charge is 0.403 e. The molecule has 0 radical (unpaired) electrons. The van der Waals surface area contributed by atoms with Crippen molar-refractivity contribution in [2.45, 2.75) is 26.7 Å². The van der Waals surface area contributed by atoms with Crippen LogP contribution >= 0.6 is 0 Å². The third kappa shape index (κ3) is 6.86. The highest BCUT2D eigenvalue weighted by atomic mass is 16.7. The number of rotatable bonds is 4. The molecule has 0 atom stereocenters. The van der Waals surface area contributed by atoms with Crippen LogP contribution in [0.25, 0.3) is 0 Å². The molecule has 3 heteroatoms. The second kappa shape index (κ2) is 7.85. The normalized spacial score (nSPS) is 10.8. The van der Waals surface area contributed by atoms with Crippen molar-refractivity contribution in [3.05, 3.63) is 24.7 Å². The number of allylic oxidation sites excluding steroid dienone is 2. The van der Waals surface area contributed by atoms with Crippen LogP contribution in [-0.4, -0.2) is 6.16 Å². The Morgan fingerprint density at radius 1 is 1.08 bits per heavy atom. The number of ether oxygens (including phenoxy) is 2. The lowest BCUT2D eigenvalue weighted by atomic mass is 10.5. The van der Waals surface area contributed by atoms with Gasteiger partial charge in [0, 0.05) is 0 Å². The fraction of sp³-hybridized carbons (Fsp3) is 0.444. The lowest BCUT2D eigenvalue weighted by Gasteiger charge is -1.94. The lowest BCUT2D eigenvalue weighted by Crippen LogP contribution is -1.97. The van der Waals surface area contributed by atoms with E-state index in [1.54, 1.807) is 12.2 Å². The highest BCUT2D eigenvalue weighted by Gasteiger charge is 1.95. The van der Waals surface area contributed by atoms with Crippen molar-refractivity contribution in [1.29, 1.82) is 0 Å². The molecule has 0 fully saturated rings. The fourth-order valence-electron chi connectivity index (χ4n) is 0.428. The summed E-state index contributed by atoms with van der Waals surface area (Å²) in [5, 5.41) is 0. The lowest BCUT2D eigenvalue weighted by molar-refractivity contribution is 0.119. The maximum absolute atomic E-state index is 10.6. The van der Waals surface area contributed by atoms with Gasteiger partial charge in [0.15, 0.2) is 0 Å². The minimum Gasteiger partial charge on any atom is -0.403 e. The van der Waals surface area contributed by atoms with E-state index in [9.17, 15) is 4.79 Å². The van der Waals surface area contributed by atoms with Crippen molar-refractivity contribution in [3.8, 4) is 0 Å². The predicted octanol–water partition coefficient (Wildman–Crippen LogP) is 2.99. The molecule has 0 saturated carbocycles. The van der Waals surface area contributed by atoms with Gasteiger partial charge in [-0.15, -0.1) is 0 Å². The van der Waals surface area contributed by atoms with Crippen molar-refractivity contribution in [2.24, 2.45) is 0 Å². The van der Waals surface area contributed by atoms with E-state index in [-0.39, 0.29) is 0 Å². The van der Waals surface area contributed by atoms with E-state index in [0.717, 1.165) is 12.8 Å². The van der Waals surface area contributed by atoms with Gasteiger partial charge >= 0.3 is 6.16 Å². The minimum atomic E-state index is -0.704. The van der Waals surface area contributed by atoms with E-state index in [2.05, 4.69) is 9.47 Å². The number of hydrogen-bond acceptors (Lipinski definition) is 3. The van der Waals surface area contributed by atoms with Gasteiger partial charge in [0.05, 0.1) is 12.5 Å². The molecule has 0 bridgehead atoms. The van der Waals surface area contributed by atoms with E-state index < -0.39 is 6.16 Å². The van der Waals surface area contributed by atoms with Crippen molar-refractivity contribution < 1.29 is 14.3 Å². The van der Waals surface area contributed by atoms with Crippen molar-refractivity contribution in [3.63, 3.8) is 0 Å². The van der Waals surface area contributed by atoms with Gasteiger partial charge in [-0.1, -0.05) is 13.8 Å². The standard InChI is InChI=1S/C9H14O3/c1-3-5-7-11-9(10)12-8-6-4-2/h5-8H,3-4H2,1-2H3. The summed E-state index contributed by atoms with van der Waals surface area (Å²) in [6.07, 6.45) is 7.06. The second-order valence-electron chi connectivity index (χ2n) is 2.05. The second-order valence-corrected chi connectivity index (χ2v) is 2.05. The summed E-state index contributed by atoms with van der Waals surface area (Å²) >= 11 is 0. The molecule has 0 aromatic rings. The van der Waals surface area contributed by atoms with Gasteiger partial charge in [0.2, 0.25) is 0 Å². The van der Waals surface area contributed by atoms with Gasteiger partial charge in [0.1, 0.15) is 0 Å². The molecular weight excluding hydrogens is 156 g/mol. The predicted molar refractivity (Wildman–Crippen MR) is 46.4 cm³/mol. The third-order valence-corrected chi connectivity index (χ3v) is 0.992. The molecule has 12 heavy (non-hydrogen) atoms. The van der Waals surface area contributed by atoms with Gasteiger partial charge in [-0.25, -0.2) is 4.79 Å². The molecule has 0 amide bonds. The molecule has 0 saturated heterocycles. The first-order valence-electron chi connectivity index (χ1n) is 3.98. The monoisotopic (exact) mass is 170 g/mol. The number of carbonyl (C=O) groups is 1. The SMILES string of the molecule is CCC=COC(=O)OC=CCC. The molecule has 0 unspecified atom stereocenters. The van der Waals surface area contributed by atoms with Gasteiger partial charge < -0.3 is 9.47 Å².